The van der Waals surface area contributed by atoms with Gasteiger partial charge in [0.1, 0.15) is 17.3 Å². The second kappa shape index (κ2) is 5.26. The zero-order valence-corrected chi connectivity index (χ0v) is 16.0. The molecule has 3 aliphatic rings. The number of aryl methyl sites for hydroxylation is 1. The molecule has 3 atom stereocenters. The molecule has 1 aromatic carbocycles. The summed E-state index contributed by atoms with van der Waals surface area (Å²) in [6.45, 7) is 5.87. The summed E-state index contributed by atoms with van der Waals surface area (Å²) in [6.07, 6.45) is 7.84. The summed E-state index contributed by atoms with van der Waals surface area (Å²) >= 11 is 3.54. The Morgan fingerprint density at radius 2 is 2.12 bits per heavy atom. The first-order valence-electron chi connectivity index (χ1n) is 8.75. The summed E-state index contributed by atoms with van der Waals surface area (Å²) in [5, 5.41) is 0. The predicted octanol–water partition coefficient (Wildman–Crippen LogP) is 4.68. The largest absolute Gasteiger partial charge is 0.353 e. The Morgan fingerprint density at radius 1 is 1.33 bits per heavy atom. The number of benzene rings is 1. The number of carbonyl (C=O) groups excluding carboxylic acids is 1. The number of hydrogen-bond donors (Lipinski definition) is 0. The van der Waals surface area contributed by atoms with E-state index in [1.54, 1.807) is 0 Å². The third-order valence-corrected chi connectivity index (χ3v) is 6.13. The van der Waals surface area contributed by atoms with Gasteiger partial charge in [-0.15, -0.1) is 0 Å². The highest BCUT2D eigenvalue weighted by Gasteiger charge is 2.81. The van der Waals surface area contributed by atoms with Gasteiger partial charge >= 0.3 is 0 Å². The Bertz CT molecular complexity index is 738. The van der Waals surface area contributed by atoms with Crippen molar-refractivity contribution in [3.05, 3.63) is 46.0 Å². The number of ketones is 1. The minimum Gasteiger partial charge on any atom is -0.353 e. The smallest absolute Gasteiger partial charge is 0.202 e. The highest BCUT2D eigenvalue weighted by Crippen LogP contribution is 2.66. The van der Waals surface area contributed by atoms with Crippen molar-refractivity contribution in [3.8, 4) is 0 Å². The quantitative estimate of drug-likeness (QED) is 0.543. The molecule has 0 N–H and O–H groups in total. The van der Waals surface area contributed by atoms with Gasteiger partial charge in [0.05, 0.1) is 0 Å². The molecule has 0 amide bonds. The summed E-state index contributed by atoms with van der Waals surface area (Å²) in [7, 11) is 0. The van der Waals surface area contributed by atoms with E-state index in [0.29, 0.717) is 0 Å². The summed E-state index contributed by atoms with van der Waals surface area (Å²) in [6, 6.07) is 6.24. The van der Waals surface area contributed by atoms with E-state index in [2.05, 4.69) is 47.1 Å². The van der Waals surface area contributed by atoms with E-state index in [9.17, 15) is 4.79 Å². The van der Waals surface area contributed by atoms with Crippen molar-refractivity contribution < 1.29 is 14.3 Å². The van der Waals surface area contributed by atoms with Gasteiger partial charge in [-0.2, -0.15) is 0 Å². The lowest BCUT2D eigenvalue weighted by Gasteiger charge is -2.32. The van der Waals surface area contributed by atoms with Crippen LogP contribution in [0.2, 0.25) is 0 Å². The standard InChI is InChI=1S/C20H23BrO3/c1-4-13-12-14(21)8-9-15(13)16-20(23-16)17(22)18(2,3)24-19(20)10-6-5-7-11-19/h6,8-10,12,16H,4-5,7,11H2,1-3H3. The number of halogens is 1. The first kappa shape index (κ1) is 16.5. The highest BCUT2D eigenvalue weighted by atomic mass is 79.9. The van der Waals surface area contributed by atoms with Crippen LogP contribution >= 0.6 is 15.9 Å². The Morgan fingerprint density at radius 3 is 2.79 bits per heavy atom. The second-order valence-corrected chi connectivity index (χ2v) is 8.47. The number of carbonyl (C=O) groups is 1. The molecule has 24 heavy (non-hydrogen) atoms. The lowest BCUT2D eigenvalue weighted by atomic mass is 9.74. The normalized spacial score (nSPS) is 36.7. The summed E-state index contributed by atoms with van der Waals surface area (Å²) in [4.78, 5) is 13.2. The Labute approximate surface area is 151 Å². The molecule has 0 bridgehead atoms. The molecule has 4 rings (SSSR count). The van der Waals surface area contributed by atoms with Crippen LogP contribution in [0.3, 0.4) is 0 Å². The van der Waals surface area contributed by atoms with Crippen molar-refractivity contribution in [1.29, 1.82) is 0 Å². The van der Waals surface area contributed by atoms with E-state index in [4.69, 9.17) is 9.47 Å². The summed E-state index contributed by atoms with van der Waals surface area (Å²) in [5.74, 6) is 0.0801. The van der Waals surface area contributed by atoms with Crippen LogP contribution in [0.15, 0.2) is 34.8 Å². The summed E-state index contributed by atoms with van der Waals surface area (Å²) < 4.78 is 13.6. The van der Waals surface area contributed by atoms with E-state index < -0.39 is 16.8 Å². The third kappa shape index (κ3) is 2.06. The van der Waals surface area contributed by atoms with E-state index in [-0.39, 0.29) is 11.9 Å². The molecule has 2 fully saturated rings. The molecule has 2 saturated heterocycles. The van der Waals surface area contributed by atoms with Crippen molar-refractivity contribution in [3.63, 3.8) is 0 Å². The van der Waals surface area contributed by atoms with Crippen LogP contribution in [0, 0.1) is 0 Å². The number of hydrogen-bond acceptors (Lipinski definition) is 3. The molecular formula is C20H23BrO3. The van der Waals surface area contributed by atoms with Gasteiger partial charge in [-0.1, -0.05) is 41.1 Å². The Hall–Kier alpha value is -0.970. The average Bonchev–Trinajstić information content (AvgIpc) is 3.28. The minimum absolute atomic E-state index is 0.0801. The van der Waals surface area contributed by atoms with E-state index in [1.165, 1.54) is 5.56 Å². The van der Waals surface area contributed by atoms with Crippen LogP contribution in [0.25, 0.3) is 0 Å². The topological polar surface area (TPSA) is 38.8 Å². The molecule has 3 nitrogen and oxygen atoms in total. The number of allylic oxidation sites excluding steroid dienone is 1. The van der Waals surface area contributed by atoms with Gasteiger partial charge in [0.15, 0.2) is 5.60 Å². The molecule has 1 aromatic rings. The summed E-state index contributed by atoms with van der Waals surface area (Å²) in [5.41, 5.74) is 0.0603. The molecule has 2 heterocycles. The number of rotatable bonds is 2. The van der Waals surface area contributed by atoms with Crippen molar-refractivity contribution >= 4 is 21.7 Å². The zero-order valence-electron chi connectivity index (χ0n) is 14.4. The number of Topliss-reactive ketones (excluding diaryl/α,β-unsaturated/α-hetero) is 1. The van der Waals surface area contributed by atoms with E-state index in [1.807, 2.05) is 19.9 Å². The van der Waals surface area contributed by atoms with Crippen molar-refractivity contribution in [1.82, 2.24) is 0 Å². The maximum Gasteiger partial charge on any atom is 0.202 e. The maximum atomic E-state index is 13.2. The van der Waals surface area contributed by atoms with Crippen LogP contribution in [-0.2, 0) is 20.7 Å². The van der Waals surface area contributed by atoms with Crippen LogP contribution in [-0.4, -0.2) is 22.6 Å². The predicted molar refractivity (Wildman–Crippen MR) is 96.0 cm³/mol. The molecule has 0 radical (unpaired) electrons. The average molecular weight is 391 g/mol. The van der Waals surface area contributed by atoms with Crippen LogP contribution < -0.4 is 0 Å². The lowest BCUT2D eigenvalue weighted by Crippen LogP contribution is -2.45. The first-order chi connectivity index (χ1) is 11.4. The minimum atomic E-state index is -0.856. The van der Waals surface area contributed by atoms with Crippen molar-refractivity contribution in [2.45, 2.75) is 69.4 Å². The van der Waals surface area contributed by atoms with Gasteiger partial charge in [0.25, 0.3) is 0 Å². The van der Waals surface area contributed by atoms with Gasteiger partial charge < -0.3 is 9.47 Å². The van der Waals surface area contributed by atoms with Gasteiger partial charge in [0, 0.05) is 4.47 Å². The highest BCUT2D eigenvalue weighted by molar-refractivity contribution is 9.10. The van der Waals surface area contributed by atoms with E-state index >= 15 is 0 Å². The van der Waals surface area contributed by atoms with Crippen LogP contribution in [0.1, 0.15) is 57.3 Å². The second-order valence-electron chi connectivity index (χ2n) is 7.56. The SMILES string of the molecule is CCc1cc(Br)ccc1C1OC12C(=O)C(C)(C)OC21C=CCCC1. The maximum absolute atomic E-state index is 13.2. The number of fused-ring (bicyclic) bond motifs is 1. The molecule has 3 unspecified atom stereocenters. The fourth-order valence-electron chi connectivity index (χ4n) is 4.52. The third-order valence-electron chi connectivity index (χ3n) is 5.64. The van der Waals surface area contributed by atoms with Gasteiger partial charge in [-0.05, 0) is 62.8 Å². The van der Waals surface area contributed by atoms with Crippen molar-refractivity contribution in [2.24, 2.45) is 0 Å². The molecule has 0 aromatic heterocycles. The number of epoxide rings is 1. The monoisotopic (exact) mass is 390 g/mol. The van der Waals surface area contributed by atoms with E-state index in [0.717, 1.165) is 35.7 Å². The van der Waals surface area contributed by atoms with Gasteiger partial charge in [0.2, 0.25) is 5.78 Å². The van der Waals surface area contributed by atoms with Crippen LogP contribution in [0.5, 0.6) is 0 Å². The number of ether oxygens (including phenoxy) is 2. The Kier molecular flexibility index (Phi) is 3.62. The van der Waals surface area contributed by atoms with Crippen LogP contribution in [0.4, 0.5) is 0 Å². The van der Waals surface area contributed by atoms with Crippen molar-refractivity contribution in [2.75, 3.05) is 0 Å². The molecule has 4 heteroatoms. The Balaban J connectivity index is 1.81. The lowest BCUT2D eigenvalue weighted by molar-refractivity contribution is -0.132. The first-order valence-corrected chi connectivity index (χ1v) is 9.54. The van der Waals surface area contributed by atoms with Gasteiger partial charge in [-0.3, -0.25) is 4.79 Å². The van der Waals surface area contributed by atoms with Gasteiger partial charge in [-0.25, -0.2) is 0 Å². The molecule has 0 saturated carbocycles. The zero-order chi connectivity index (χ0) is 17.2. The molecule has 128 valence electrons. The molecule has 2 aliphatic heterocycles. The molecule has 1 aliphatic carbocycles. The fourth-order valence-corrected chi connectivity index (χ4v) is 4.92. The molecular weight excluding hydrogens is 368 g/mol. The molecule has 2 spiro atoms. The fraction of sp³-hybridized carbons (Fsp3) is 0.550.